The van der Waals surface area contributed by atoms with Gasteiger partial charge in [-0.25, -0.2) is 4.39 Å². The number of nitrogen functional groups attached to an aromatic ring is 1. The van der Waals surface area contributed by atoms with Crippen molar-refractivity contribution in [2.45, 2.75) is 6.92 Å². The van der Waals surface area contributed by atoms with Crippen molar-refractivity contribution < 1.29 is 4.39 Å². The van der Waals surface area contributed by atoms with E-state index in [1.54, 1.807) is 6.92 Å². The number of hydrogen-bond donors (Lipinski definition) is 1. The molecule has 0 saturated carbocycles. The Balaban J connectivity index is 0.000001000. The molecule has 1 aromatic carbocycles. The molecule has 0 saturated heterocycles. The molecule has 1 nitrogen and oxygen atoms in total. The molecule has 0 amide bonds. The molecule has 0 aromatic heterocycles. The summed E-state index contributed by atoms with van der Waals surface area (Å²) in [4.78, 5) is 0. The molecule has 1 aromatic rings. The smallest absolute Gasteiger partial charge is 0.146 e. The van der Waals surface area contributed by atoms with Crippen molar-refractivity contribution >= 4 is 29.7 Å². The standard InChI is InChI=1S/C7H7ClFN.ClH/c1-4-2-6(9)7(10)3-5(4)8;/h2-3H,10H2,1H3;1H. The second-order valence-corrected chi connectivity index (χ2v) is 2.53. The summed E-state index contributed by atoms with van der Waals surface area (Å²) in [6, 6.07) is 2.73. The lowest BCUT2D eigenvalue weighted by molar-refractivity contribution is 0.631. The predicted molar refractivity (Wildman–Crippen MR) is 47.8 cm³/mol. The topological polar surface area (TPSA) is 26.0 Å². The maximum atomic E-state index is 12.6. The Morgan fingerprint density at radius 1 is 1.45 bits per heavy atom. The van der Waals surface area contributed by atoms with E-state index in [4.69, 9.17) is 17.3 Å². The average Bonchev–Trinajstić information content (AvgIpc) is 1.84. The molecular formula is C7H8Cl2FN. The van der Waals surface area contributed by atoms with Gasteiger partial charge in [0.15, 0.2) is 0 Å². The molecule has 0 unspecified atom stereocenters. The highest BCUT2D eigenvalue weighted by Crippen LogP contribution is 2.20. The first-order chi connectivity index (χ1) is 4.61. The fourth-order valence-corrected chi connectivity index (χ4v) is 0.834. The monoisotopic (exact) mass is 195 g/mol. The lowest BCUT2D eigenvalue weighted by atomic mass is 10.2. The van der Waals surface area contributed by atoms with Crippen molar-refractivity contribution in [1.82, 2.24) is 0 Å². The third-order valence-electron chi connectivity index (χ3n) is 1.28. The summed E-state index contributed by atoms with van der Waals surface area (Å²) in [7, 11) is 0. The maximum Gasteiger partial charge on any atom is 0.146 e. The van der Waals surface area contributed by atoms with Crippen LogP contribution < -0.4 is 5.73 Å². The van der Waals surface area contributed by atoms with Crippen LogP contribution in [0.1, 0.15) is 5.56 Å². The summed E-state index contributed by atoms with van der Waals surface area (Å²) < 4.78 is 12.6. The molecule has 0 heterocycles. The van der Waals surface area contributed by atoms with E-state index >= 15 is 0 Å². The molecule has 0 aliphatic carbocycles. The molecule has 0 atom stereocenters. The summed E-state index contributed by atoms with van der Waals surface area (Å²) >= 11 is 5.64. The molecule has 11 heavy (non-hydrogen) atoms. The summed E-state index contributed by atoms with van der Waals surface area (Å²) in [5.74, 6) is -0.415. The number of hydrogen-bond acceptors (Lipinski definition) is 1. The lowest BCUT2D eigenvalue weighted by Gasteiger charge is -1.99. The van der Waals surface area contributed by atoms with Crippen LogP contribution in [0.25, 0.3) is 0 Å². The zero-order chi connectivity index (χ0) is 7.72. The number of rotatable bonds is 0. The molecule has 0 spiro atoms. The van der Waals surface area contributed by atoms with Crippen LogP contribution >= 0.6 is 24.0 Å². The first-order valence-electron chi connectivity index (χ1n) is 2.82. The van der Waals surface area contributed by atoms with Gasteiger partial charge in [0, 0.05) is 5.02 Å². The van der Waals surface area contributed by atoms with Crippen LogP contribution in [0, 0.1) is 12.7 Å². The fourth-order valence-electron chi connectivity index (χ4n) is 0.662. The van der Waals surface area contributed by atoms with Crippen LogP contribution in [0.4, 0.5) is 10.1 Å². The first-order valence-corrected chi connectivity index (χ1v) is 3.20. The van der Waals surface area contributed by atoms with Crippen molar-refractivity contribution in [3.63, 3.8) is 0 Å². The van der Waals surface area contributed by atoms with Crippen molar-refractivity contribution in [3.8, 4) is 0 Å². The van der Waals surface area contributed by atoms with E-state index in [1.165, 1.54) is 12.1 Å². The van der Waals surface area contributed by atoms with Gasteiger partial charge >= 0.3 is 0 Å². The average molecular weight is 196 g/mol. The molecule has 0 radical (unpaired) electrons. The molecule has 62 valence electrons. The molecule has 0 aliphatic rings. The highest BCUT2D eigenvalue weighted by Gasteiger charge is 2.00. The number of aryl methyl sites for hydroxylation is 1. The van der Waals surface area contributed by atoms with Crippen molar-refractivity contribution in [2.75, 3.05) is 5.73 Å². The largest absolute Gasteiger partial charge is 0.396 e. The van der Waals surface area contributed by atoms with Crippen LogP contribution in [-0.2, 0) is 0 Å². The van der Waals surface area contributed by atoms with Gasteiger partial charge in [-0.05, 0) is 24.6 Å². The minimum absolute atomic E-state index is 0. The van der Waals surface area contributed by atoms with Gasteiger partial charge in [0.25, 0.3) is 0 Å². The SMILES string of the molecule is Cc1cc(F)c(N)cc1Cl.Cl. The Kier molecular flexibility index (Phi) is 3.63. The molecule has 4 heteroatoms. The number of benzene rings is 1. The van der Waals surface area contributed by atoms with Crippen molar-refractivity contribution in [1.29, 1.82) is 0 Å². The third-order valence-corrected chi connectivity index (χ3v) is 1.69. The zero-order valence-electron chi connectivity index (χ0n) is 5.90. The van der Waals surface area contributed by atoms with Crippen LogP contribution in [0.15, 0.2) is 12.1 Å². The van der Waals surface area contributed by atoms with E-state index in [2.05, 4.69) is 0 Å². The van der Waals surface area contributed by atoms with E-state index in [-0.39, 0.29) is 18.1 Å². The lowest BCUT2D eigenvalue weighted by Crippen LogP contribution is -1.90. The Hall–Kier alpha value is -0.470. The van der Waals surface area contributed by atoms with E-state index < -0.39 is 5.82 Å². The van der Waals surface area contributed by atoms with Crippen molar-refractivity contribution in [2.24, 2.45) is 0 Å². The maximum absolute atomic E-state index is 12.6. The first kappa shape index (κ1) is 10.5. The van der Waals surface area contributed by atoms with Gasteiger partial charge in [-0.15, -0.1) is 12.4 Å². The van der Waals surface area contributed by atoms with E-state index in [9.17, 15) is 4.39 Å². The van der Waals surface area contributed by atoms with Crippen LogP contribution in [0.5, 0.6) is 0 Å². The predicted octanol–water partition coefficient (Wildman–Crippen LogP) is 2.79. The van der Waals surface area contributed by atoms with Gasteiger partial charge in [0.2, 0.25) is 0 Å². The minimum Gasteiger partial charge on any atom is -0.396 e. The molecule has 1 rings (SSSR count). The van der Waals surface area contributed by atoms with Crippen molar-refractivity contribution in [3.05, 3.63) is 28.5 Å². The molecule has 0 bridgehead atoms. The number of halogens is 3. The van der Waals surface area contributed by atoms with E-state index in [0.29, 0.717) is 10.6 Å². The molecule has 2 N–H and O–H groups in total. The van der Waals surface area contributed by atoms with Crippen LogP contribution in [0.3, 0.4) is 0 Å². The van der Waals surface area contributed by atoms with Gasteiger partial charge < -0.3 is 5.73 Å². The van der Waals surface area contributed by atoms with E-state index in [0.717, 1.165) is 0 Å². The summed E-state index contributed by atoms with van der Waals surface area (Å²) in [6.45, 7) is 1.73. The molecule has 0 fully saturated rings. The van der Waals surface area contributed by atoms with Gasteiger partial charge in [-0.3, -0.25) is 0 Å². The fraction of sp³-hybridized carbons (Fsp3) is 0.143. The van der Waals surface area contributed by atoms with E-state index in [1.807, 2.05) is 0 Å². The Morgan fingerprint density at radius 2 is 2.00 bits per heavy atom. The quantitative estimate of drug-likeness (QED) is 0.634. The molecule has 0 aliphatic heterocycles. The van der Waals surface area contributed by atoms with Crippen LogP contribution in [0.2, 0.25) is 5.02 Å². The number of nitrogens with two attached hydrogens (primary N) is 1. The Bertz CT molecular complexity index is 213. The second kappa shape index (κ2) is 3.79. The van der Waals surface area contributed by atoms with Gasteiger partial charge in [-0.2, -0.15) is 0 Å². The summed E-state index contributed by atoms with van der Waals surface area (Å²) in [5.41, 5.74) is 6.03. The third kappa shape index (κ3) is 2.24. The van der Waals surface area contributed by atoms with Gasteiger partial charge in [-0.1, -0.05) is 11.6 Å². The normalized spacial score (nSPS) is 9.00. The highest BCUT2D eigenvalue weighted by molar-refractivity contribution is 6.31. The summed E-state index contributed by atoms with van der Waals surface area (Å²) in [6.07, 6.45) is 0. The molecular weight excluding hydrogens is 188 g/mol. The number of anilines is 1. The zero-order valence-corrected chi connectivity index (χ0v) is 7.47. The van der Waals surface area contributed by atoms with Gasteiger partial charge in [0.1, 0.15) is 5.82 Å². The van der Waals surface area contributed by atoms with Gasteiger partial charge in [0.05, 0.1) is 5.69 Å². The minimum atomic E-state index is -0.415. The second-order valence-electron chi connectivity index (χ2n) is 2.12. The van der Waals surface area contributed by atoms with Crippen LogP contribution in [-0.4, -0.2) is 0 Å². The summed E-state index contributed by atoms with van der Waals surface area (Å²) in [5, 5.41) is 0.499. The Morgan fingerprint density at radius 3 is 2.45 bits per heavy atom. The highest BCUT2D eigenvalue weighted by atomic mass is 35.5. The Labute approximate surface area is 75.8 Å².